The molecule has 1 saturated heterocycles. The summed E-state index contributed by atoms with van der Waals surface area (Å²) in [5, 5.41) is 0. The molecule has 1 aromatic rings. The van der Waals surface area contributed by atoms with Crippen LogP contribution in [0.25, 0.3) is 0 Å². The molecule has 0 amide bonds. The van der Waals surface area contributed by atoms with Crippen LogP contribution in [0.4, 0.5) is 23.2 Å². The van der Waals surface area contributed by atoms with Gasteiger partial charge in [-0.3, -0.25) is 0 Å². The van der Waals surface area contributed by atoms with Crippen LogP contribution in [-0.4, -0.2) is 18.1 Å². The van der Waals surface area contributed by atoms with Crippen molar-refractivity contribution < 1.29 is 17.6 Å². The molecule has 2 nitrogen and oxygen atoms in total. The van der Waals surface area contributed by atoms with Crippen molar-refractivity contribution in [3.05, 3.63) is 23.5 Å². The smallest absolute Gasteiger partial charge is 0.253 e. The molecule has 0 atom stereocenters. The fourth-order valence-electron chi connectivity index (χ4n) is 2.32. The molecule has 0 radical (unpaired) electrons. The summed E-state index contributed by atoms with van der Waals surface area (Å²) in [4.78, 5) is 3.90. The Labute approximate surface area is 103 Å². The number of aromatic nitrogens is 1. The highest BCUT2D eigenvalue weighted by Crippen LogP contribution is 2.30. The van der Waals surface area contributed by atoms with Crippen LogP contribution in [0.3, 0.4) is 0 Å². The van der Waals surface area contributed by atoms with Gasteiger partial charge in [-0.2, -0.15) is 22.5 Å². The molecule has 1 fully saturated rings. The van der Waals surface area contributed by atoms with Crippen molar-refractivity contribution in [3.8, 4) is 0 Å². The Morgan fingerprint density at radius 1 is 1.06 bits per heavy atom. The Morgan fingerprint density at radius 2 is 1.56 bits per heavy atom. The van der Waals surface area contributed by atoms with Crippen molar-refractivity contribution in [2.75, 3.05) is 18.0 Å². The topological polar surface area (TPSA) is 16.1 Å². The fraction of sp³-hybridized carbons (Fsp3) is 0.583. The maximum atomic E-state index is 13.5. The minimum absolute atomic E-state index is 0.398. The number of nitrogens with zero attached hydrogens (tertiary/aromatic N) is 2. The van der Waals surface area contributed by atoms with Crippen LogP contribution in [0, 0.1) is 29.4 Å². The van der Waals surface area contributed by atoms with Gasteiger partial charge in [-0.1, -0.05) is 13.3 Å². The van der Waals surface area contributed by atoms with Gasteiger partial charge in [0.05, 0.1) is 0 Å². The Bertz CT molecular complexity index is 416. The average molecular weight is 262 g/mol. The number of hydrogen-bond acceptors (Lipinski definition) is 2. The van der Waals surface area contributed by atoms with E-state index in [-0.39, 0.29) is 0 Å². The molecule has 1 aliphatic heterocycles. The van der Waals surface area contributed by atoms with E-state index in [1.165, 1.54) is 4.90 Å². The first-order valence-electron chi connectivity index (χ1n) is 5.99. The van der Waals surface area contributed by atoms with Gasteiger partial charge in [-0.25, -0.2) is 0 Å². The first-order chi connectivity index (χ1) is 8.54. The van der Waals surface area contributed by atoms with Gasteiger partial charge in [0.1, 0.15) is 5.69 Å². The summed E-state index contributed by atoms with van der Waals surface area (Å²) in [5.41, 5.74) is -0.630. The van der Waals surface area contributed by atoms with Crippen LogP contribution in [0.2, 0.25) is 0 Å². The highest BCUT2D eigenvalue weighted by molar-refractivity contribution is 5.48. The van der Waals surface area contributed by atoms with E-state index < -0.39 is 29.2 Å². The highest BCUT2D eigenvalue weighted by atomic mass is 19.2. The largest absolute Gasteiger partial charge is 0.366 e. The van der Waals surface area contributed by atoms with Crippen LogP contribution in [0.5, 0.6) is 0 Å². The van der Waals surface area contributed by atoms with E-state index in [1.54, 1.807) is 0 Å². The van der Waals surface area contributed by atoms with E-state index in [9.17, 15) is 17.6 Å². The van der Waals surface area contributed by atoms with Crippen LogP contribution < -0.4 is 4.90 Å². The summed E-state index contributed by atoms with van der Waals surface area (Å²) in [6.07, 6.45) is 2.53. The molecule has 0 N–H and O–H groups in total. The van der Waals surface area contributed by atoms with E-state index in [2.05, 4.69) is 4.98 Å². The summed E-state index contributed by atoms with van der Waals surface area (Å²) in [6.45, 7) is 2.84. The second-order valence-electron chi connectivity index (χ2n) is 4.51. The van der Waals surface area contributed by atoms with Gasteiger partial charge in [0.15, 0.2) is 0 Å². The van der Waals surface area contributed by atoms with E-state index in [4.69, 9.17) is 0 Å². The van der Waals surface area contributed by atoms with E-state index >= 15 is 0 Å². The number of piperidine rings is 1. The molecular formula is C12H14F4N2. The Kier molecular flexibility index (Phi) is 3.73. The zero-order valence-electron chi connectivity index (χ0n) is 10.0. The second-order valence-corrected chi connectivity index (χ2v) is 4.51. The van der Waals surface area contributed by atoms with Crippen molar-refractivity contribution >= 4 is 5.69 Å². The quantitative estimate of drug-likeness (QED) is 0.600. The molecule has 0 aromatic carbocycles. The Balaban J connectivity index is 2.29. The number of anilines is 1. The Hall–Kier alpha value is -1.33. The first kappa shape index (κ1) is 13.1. The predicted molar refractivity (Wildman–Crippen MR) is 59.3 cm³/mol. The first-order valence-corrected chi connectivity index (χ1v) is 5.99. The van der Waals surface area contributed by atoms with E-state index in [0.717, 1.165) is 19.3 Å². The summed E-state index contributed by atoms with van der Waals surface area (Å²) >= 11 is 0. The van der Waals surface area contributed by atoms with Gasteiger partial charge in [-0.05, 0) is 18.8 Å². The minimum atomic E-state index is -1.60. The predicted octanol–water partition coefficient (Wildman–Crippen LogP) is 3.26. The Morgan fingerprint density at radius 3 is 2.00 bits per heavy atom. The summed E-state index contributed by atoms with van der Waals surface area (Å²) in [5.74, 6) is -5.51. The van der Waals surface area contributed by atoms with Crippen molar-refractivity contribution in [2.24, 2.45) is 5.92 Å². The van der Waals surface area contributed by atoms with E-state index in [0.29, 0.717) is 19.0 Å². The van der Waals surface area contributed by atoms with Gasteiger partial charge >= 0.3 is 0 Å². The molecule has 0 aliphatic carbocycles. The molecule has 0 unspecified atom stereocenters. The third-order valence-corrected chi connectivity index (χ3v) is 3.48. The number of hydrogen-bond donors (Lipinski definition) is 0. The molecule has 18 heavy (non-hydrogen) atoms. The lowest BCUT2D eigenvalue weighted by molar-refractivity contribution is 0.373. The SMILES string of the molecule is CCC1CCN(c2c(F)c(F)nc(F)c2F)CC1. The van der Waals surface area contributed by atoms with Gasteiger partial charge in [-0.15, -0.1) is 0 Å². The molecule has 6 heteroatoms. The number of halogens is 4. The lowest BCUT2D eigenvalue weighted by Gasteiger charge is -2.33. The van der Waals surface area contributed by atoms with E-state index in [1.807, 2.05) is 6.92 Å². The molecule has 0 spiro atoms. The fourth-order valence-corrected chi connectivity index (χ4v) is 2.32. The minimum Gasteiger partial charge on any atom is -0.366 e. The summed E-state index contributed by atoms with van der Waals surface area (Å²) < 4.78 is 53.0. The number of rotatable bonds is 2. The lowest BCUT2D eigenvalue weighted by Crippen LogP contribution is -2.35. The lowest BCUT2D eigenvalue weighted by atomic mass is 9.94. The van der Waals surface area contributed by atoms with Crippen molar-refractivity contribution in [1.82, 2.24) is 4.98 Å². The molecule has 0 saturated carbocycles. The van der Waals surface area contributed by atoms with Crippen LogP contribution in [0.1, 0.15) is 26.2 Å². The molecule has 1 aliphatic rings. The van der Waals surface area contributed by atoms with Crippen LogP contribution in [0.15, 0.2) is 0 Å². The highest BCUT2D eigenvalue weighted by Gasteiger charge is 2.28. The van der Waals surface area contributed by atoms with Gasteiger partial charge in [0, 0.05) is 13.1 Å². The maximum absolute atomic E-state index is 13.5. The molecule has 1 aromatic heterocycles. The second kappa shape index (κ2) is 5.12. The van der Waals surface area contributed by atoms with Gasteiger partial charge in [0.25, 0.3) is 11.9 Å². The van der Waals surface area contributed by atoms with Crippen LogP contribution >= 0.6 is 0 Å². The van der Waals surface area contributed by atoms with Crippen LogP contribution in [-0.2, 0) is 0 Å². The van der Waals surface area contributed by atoms with Crippen molar-refractivity contribution in [3.63, 3.8) is 0 Å². The van der Waals surface area contributed by atoms with Gasteiger partial charge in [0.2, 0.25) is 11.6 Å². The summed E-state index contributed by atoms with van der Waals surface area (Å²) in [7, 11) is 0. The molecule has 0 bridgehead atoms. The average Bonchev–Trinajstić information content (AvgIpc) is 2.37. The normalized spacial score (nSPS) is 17.3. The molecule has 2 rings (SSSR count). The monoisotopic (exact) mass is 262 g/mol. The summed E-state index contributed by atoms with van der Waals surface area (Å²) in [6, 6.07) is 0. The molecule has 100 valence electrons. The molecular weight excluding hydrogens is 248 g/mol. The third-order valence-electron chi connectivity index (χ3n) is 3.48. The zero-order chi connectivity index (χ0) is 13.3. The maximum Gasteiger partial charge on any atom is 0.253 e. The third kappa shape index (κ3) is 2.28. The standard InChI is InChI=1S/C12H14F4N2/c1-2-7-3-5-18(6-4-7)10-8(13)11(15)17-12(16)9(10)14/h7H,2-6H2,1H3. The van der Waals surface area contributed by atoms with Crippen molar-refractivity contribution in [2.45, 2.75) is 26.2 Å². The zero-order valence-corrected chi connectivity index (χ0v) is 10.0. The number of pyridine rings is 1. The van der Waals surface area contributed by atoms with Crippen molar-refractivity contribution in [1.29, 1.82) is 0 Å². The van der Waals surface area contributed by atoms with Gasteiger partial charge < -0.3 is 4.90 Å². The molecule has 2 heterocycles.